The van der Waals surface area contributed by atoms with Crippen LogP contribution < -0.4 is 18.9 Å². The summed E-state index contributed by atoms with van der Waals surface area (Å²) in [5.41, 5.74) is 2.19. The smallest absolute Gasteiger partial charge is 0.254 e. The standard InChI is InChI=1S/C27H27N3O5/c1-32-19-8-9-22-25(17-19)35-24-7-5-4-6-23(24)28-26(22)29-10-12-30(13-11-29)27(31)18-14-20(33-2)16-21(15-18)34-3/h4-9,14-17H,10-13H2,1-3H3. The molecule has 3 aromatic rings. The van der Waals surface area contributed by atoms with Crippen molar-refractivity contribution in [2.75, 3.05) is 47.5 Å². The number of methoxy groups -OCH3 is 3. The van der Waals surface area contributed by atoms with E-state index in [-0.39, 0.29) is 5.91 Å². The first kappa shape index (κ1) is 22.6. The number of fused-ring (bicyclic) bond motifs is 2. The zero-order chi connectivity index (χ0) is 24.4. The number of aliphatic imine (C=N–C) groups is 1. The highest BCUT2D eigenvalue weighted by Gasteiger charge is 2.28. The molecule has 1 amide bonds. The molecule has 0 atom stereocenters. The van der Waals surface area contributed by atoms with E-state index in [1.807, 2.05) is 47.4 Å². The van der Waals surface area contributed by atoms with Gasteiger partial charge in [-0.15, -0.1) is 0 Å². The summed E-state index contributed by atoms with van der Waals surface area (Å²) in [6, 6.07) is 18.7. The second-order valence-corrected chi connectivity index (χ2v) is 8.25. The largest absolute Gasteiger partial charge is 0.497 e. The molecule has 0 radical (unpaired) electrons. The number of piperazine rings is 1. The number of carbonyl (C=O) groups excluding carboxylic acids is 1. The summed E-state index contributed by atoms with van der Waals surface area (Å²) in [7, 11) is 4.78. The number of nitrogens with zero attached hydrogens (tertiary/aromatic N) is 3. The third-order valence-corrected chi connectivity index (χ3v) is 6.21. The number of para-hydroxylation sites is 2. The van der Waals surface area contributed by atoms with Crippen LogP contribution in [-0.2, 0) is 0 Å². The van der Waals surface area contributed by atoms with Gasteiger partial charge in [0.25, 0.3) is 5.91 Å². The van der Waals surface area contributed by atoms with E-state index in [9.17, 15) is 4.79 Å². The molecule has 3 aromatic carbocycles. The van der Waals surface area contributed by atoms with Gasteiger partial charge in [-0.25, -0.2) is 4.99 Å². The highest BCUT2D eigenvalue weighted by molar-refractivity contribution is 6.04. The van der Waals surface area contributed by atoms with Gasteiger partial charge < -0.3 is 28.7 Å². The van der Waals surface area contributed by atoms with Gasteiger partial charge in [0.1, 0.15) is 34.5 Å². The van der Waals surface area contributed by atoms with Gasteiger partial charge in [-0.1, -0.05) is 12.1 Å². The van der Waals surface area contributed by atoms with Crippen molar-refractivity contribution in [1.82, 2.24) is 9.80 Å². The van der Waals surface area contributed by atoms with E-state index in [1.54, 1.807) is 39.5 Å². The average Bonchev–Trinajstić information content (AvgIpc) is 3.08. The Morgan fingerprint density at radius 3 is 2.17 bits per heavy atom. The molecule has 0 aromatic heterocycles. The minimum Gasteiger partial charge on any atom is -0.497 e. The molecular formula is C27H27N3O5. The lowest BCUT2D eigenvalue weighted by molar-refractivity contribution is 0.0691. The molecule has 0 N–H and O–H groups in total. The highest BCUT2D eigenvalue weighted by atomic mass is 16.5. The number of benzene rings is 3. The summed E-state index contributed by atoms with van der Waals surface area (Å²) in [5.74, 6) is 4.04. The number of hydrogen-bond donors (Lipinski definition) is 0. The molecule has 0 saturated carbocycles. The zero-order valence-corrected chi connectivity index (χ0v) is 20.0. The van der Waals surface area contributed by atoms with Gasteiger partial charge in [0, 0.05) is 43.9 Å². The SMILES string of the molecule is COc1cc(OC)cc(C(=O)N2CCN(C3=Nc4ccccc4Oc4cc(OC)ccc43)CC2)c1. The van der Waals surface area contributed by atoms with E-state index in [1.165, 1.54) is 0 Å². The maximum Gasteiger partial charge on any atom is 0.254 e. The fourth-order valence-electron chi connectivity index (χ4n) is 4.30. The molecule has 1 saturated heterocycles. The molecule has 0 spiro atoms. The summed E-state index contributed by atoms with van der Waals surface area (Å²) < 4.78 is 22.3. The molecule has 8 heteroatoms. The van der Waals surface area contributed by atoms with E-state index >= 15 is 0 Å². The van der Waals surface area contributed by atoms with Gasteiger partial charge in [0.2, 0.25) is 0 Å². The van der Waals surface area contributed by atoms with Crippen molar-refractivity contribution in [3.63, 3.8) is 0 Å². The fraction of sp³-hybridized carbons (Fsp3) is 0.259. The molecule has 2 aliphatic heterocycles. The van der Waals surface area contributed by atoms with Gasteiger partial charge in [0.15, 0.2) is 5.75 Å². The predicted octanol–water partition coefficient (Wildman–Crippen LogP) is 4.35. The molecule has 1 fully saturated rings. The van der Waals surface area contributed by atoms with Gasteiger partial charge in [-0.3, -0.25) is 4.79 Å². The summed E-state index contributed by atoms with van der Waals surface area (Å²) >= 11 is 0. The third-order valence-electron chi connectivity index (χ3n) is 6.21. The minimum atomic E-state index is -0.0523. The Balaban J connectivity index is 1.40. The van der Waals surface area contributed by atoms with Crippen LogP contribution >= 0.6 is 0 Å². The molecule has 5 rings (SSSR count). The van der Waals surface area contributed by atoms with Gasteiger partial charge in [0.05, 0.1) is 26.9 Å². The Morgan fingerprint density at radius 2 is 1.49 bits per heavy atom. The molecule has 180 valence electrons. The van der Waals surface area contributed by atoms with E-state index in [2.05, 4.69) is 4.90 Å². The Bertz CT molecular complexity index is 1260. The molecule has 0 aliphatic carbocycles. The first-order chi connectivity index (χ1) is 17.1. The van der Waals surface area contributed by atoms with Gasteiger partial charge in [-0.2, -0.15) is 0 Å². The number of amidine groups is 1. The molecule has 2 aliphatic rings. The number of ether oxygens (including phenoxy) is 4. The van der Waals surface area contributed by atoms with Crippen LogP contribution in [0.4, 0.5) is 5.69 Å². The van der Waals surface area contributed by atoms with Crippen molar-refractivity contribution in [1.29, 1.82) is 0 Å². The van der Waals surface area contributed by atoms with Crippen LogP contribution in [-0.4, -0.2) is 69.1 Å². The van der Waals surface area contributed by atoms with Gasteiger partial charge in [-0.05, 0) is 36.4 Å². The monoisotopic (exact) mass is 473 g/mol. The summed E-state index contributed by atoms with van der Waals surface area (Å²) in [6.45, 7) is 2.40. The van der Waals surface area contributed by atoms with Crippen molar-refractivity contribution < 1.29 is 23.7 Å². The molecule has 8 nitrogen and oxygen atoms in total. The lowest BCUT2D eigenvalue weighted by Crippen LogP contribution is -2.50. The van der Waals surface area contributed by atoms with Crippen molar-refractivity contribution >= 4 is 17.4 Å². The predicted molar refractivity (Wildman–Crippen MR) is 133 cm³/mol. The van der Waals surface area contributed by atoms with Crippen molar-refractivity contribution in [2.45, 2.75) is 0 Å². The van der Waals surface area contributed by atoms with Crippen LogP contribution in [0.5, 0.6) is 28.7 Å². The van der Waals surface area contributed by atoms with E-state index in [0.717, 1.165) is 17.1 Å². The van der Waals surface area contributed by atoms with Crippen LogP contribution in [0.15, 0.2) is 65.7 Å². The lowest BCUT2D eigenvalue weighted by atomic mass is 10.1. The first-order valence-electron chi connectivity index (χ1n) is 11.4. The van der Waals surface area contributed by atoms with Crippen LogP contribution in [0, 0.1) is 0 Å². The Labute approximate surface area is 204 Å². The normalized spacial score (nSPS) is 14.7. The maximum absolute atomic E-state index is 13.2. The van der Waals surface area contributed by atoms with Crippen LogP contribution in [0.3, 0.4) is 0 Å². The van der Waals surface area contributed by atoms with Crippen molar-refractivity contribution in [3.05, 3.63) is 71.8 Å². The summed E-state index contributed by atoms with van der Waals surface area (Å²) in [5, 5.41) is 0. The minimum absolute atomic E-state index is 0.0523. The van der Waals surface area contributed by atoms with Crippen LogP contribution in [0.1, 0.15) is 15.9 Å². The van der Waals surface area contributed by atoms with Crippen LogP contribution in [0.2, 0.25) is 0 Å². The molecule has 2 heterocycles. The number of amides is 1. The Kier molecular flexibility index (Phi) is 6.18. The van der Waals surface area contributed by atoms with Crippen molar-refractivity contribution in [3.8, 4) is 28.7 Å². The summed E-state index contributed by atoms with van der Waals surface area (Å²) in [6.07, 6.45) is 0. The molecule has 0 unspecified atom stereocenters. The maximum atomic E-state index is 13.2. The zero-order valence-electron chi connectivity index (χ0n) is 20.0. The van der Waals surface area contributed by atoms with E-state index in [0.29, 0.717) is 60.5 Å². The topological polar surface area (TPSA) is 72.8 Å². The summed E-state index contributed by atoms with van der Waals surface area (Å²) in [4.78, 5) is 22.3. The molecule has 0 bridgehead atoms. The Morgan fingerprint density at radius 1 is 0.800 bits per heavy atom. The average molecular weight is 474 g/mol. The Hall–Kier alpha value is -4.20. The van der Waals surface area contributed by atoms with Crippen molar-refractivity contribution in [2.24, 2.45) is 4.99 Å². The fourth-order valence-corrected chi connectivity index (χ4v) is 4.30. The lowest BCUT2D eigenvalue weighted by Gasteiger charge is -2.36. The molecule has 35 heavy (non-hydrogen) atoms. The quantitative estimate of drug-likeness (QED) is 0.561. The second kappa shape index (κ2) is 9.58. The van der Waals surface area contributed by atoms with Crippen LogP contribution in [0.25, 0.3) is 0 Å². The highest BCUT2D eigenvalue weighted by Crippen LogP contribution is 2.39. The van der Waals surface area contributed by atoms with E-state index < -0.39 is 0 Å². The first-order valence-corrected chi connectivity index (χ1v) is 11.4. The molecular weight excluding hydrogens is 446 g/mol. The third kappa shape index (κ3) is 4.47. The van der Waals surface area contributed by atoms with E-state index in [4.69, 9.17) is 23.9 Å². The van der Waals surface area contributed by atoms with Gasteiger partial charge >= 0.3 is 0 Å². The number of rotatable bonds is 4. The number of hydrogen-bond acceptors (Lipinski definition) is 7. The second-order valence-electron chi connectivity index (χ2n) is 8.25. The number of carbonyl (C=O) groups is 1.